The molecule has 0 spiro atoms. The molecule has 2 amide bonds. The van der Waals surface area contributed by atoms with Crippen molar-refractivity contribution in [2.24, 2.45) is 11.7 Å². The number of nitrogens with zero attached hydrogens (tertiary/aromatic N) is 1. The van der Waals surface area contributed by atoms with Crippen molar-refractivity contribution in [1.82, 2.24) is 10.2 Å². The van der Waals surface area contributed by atoms with Crippen molar-refractivity contribution in [1.29, 1.82) is 0 Å². The Kier molecular flexibility index (Phi) is 4.99. The van der Waals surface area contributed by atoms with Gasteiger partial charge in [0.2, 0.25) is 17.5 Å². The second-order valence-corrected chi connectivity index (χ2v) is 8.80. The first-order valence-corrected chi connectivity index (χ1v) is 10.9. The van der Waals surface area contributed by atoms with Crippen LogP contribution >= 0.6 is 0 Å². The summed E-state index contributed by atoms with van der Waals surface area (Å²) in [6.45, 7) is 3.33. The van der Waals surface area contributed by atoms with E-state index in [2.05, 4.69) is 16.0 Å². The molecule has 1 aromatic carbocycles. The third-order valence-electron chi connectivity index (χ3n) is 6.90. The molecule has 5 rings (SSSR count). The summed E-state index contributed by atoms with van der Waals surface area (Å²) in [5.41, 5.74) is 6.34. The van der Waals surface area contributed by atoms with Crippen LogP contribution in [0.15, 0.2) is 46.8 Å². The second-order valence-electron chi connectivity index (χ2n) is 8.80. The summed E-state index contributed by atoms with van der Waals surface area (Å²) >= 11 is 0. The number of fused-ring (bicyclic) bond motifs is 4. The van der Waals surface area contributed by atoms with Crippen LogP contribution in [0.25, 0.3) is 0 Å². The van der Waals surface area contributed by atoms with Crippen LogP contribution in [0.4, 0.5) is 16.2 Å². The molecule has 1 aromatic rings. The quantitative estimate of drug-likeness (QED) is 0.344. The van der Waals surface area contributed by atoms with Gasteiger partial charge in [-0.25, -0.2) is 4.79 Å². The lowest BCUT2D eigenvalue weighted by Gasteiger charge is -2.39. The number of carbonyl (C=O) groups excluding carboxylic acids is 4. The van der Waals surface area contributed by atoms with E-state index in [0.717, 1.165) is 0 Å². The van der Waals surface area contributed by atoms with Gasteiger partial charge in [0, 0.05) is 49.1 Å². The molecule has 2 saturated heterocycles. The zero-order valence-corrected chi connectivity index (χ0v) is 18.9. The first kappa shape index (κ1) is 22.1. The molecule has 0 bridgehead atoms. The van der Waals surface area contributed by atoms with Gasteiger partial charge >= 0.3 is 6.09 Å². The average Bonchev–Trinajstić information content (AvgIpc) is 3.40. The minimum absolute atomic E-state index is 0.108. The van der Waals surface area contributed by atoms with Crippen LogP contribution in [-0.2, 0) is 23.9 Å². The summed E-state index contributed by atoms with van der Waals surface area (Å²) in [4.78, 5) is 51.8. The van der Waals surface area contributed by atoms with Gasteiger partial charge in [-0.1, -0.05) is 0 Å². The third kappa shape index (κ3) is 3.11. The normalized spacial score (nSPS) is 29.0. The number of Topliss-reactive ketones (excluding diaryl/α,β-unsaturated/α-hetero) is 2. The smallest absolute Gasteiger partial charge is 0.404 e. The summed E-state index contributed by atoms with van der Waals surface area (Å²) in [7, 11) is 1.52. The molecule has 0 aromatic heterocycles. The molecule has 5 N–H and O–H groups in total. The van der Waals surface area contributed by atoms with Crippen LogP contribution in [0.1, 0.15) is 13.8 Å². The van der Waals surface area contributed by atoms with E-state index in [9.17, 15) is 19.2 Å². The summed E-state index contributed by atoms with van der Waals surface area (Å²) in [5.74, 6) is -1.54. The first-order valence-electron chi connectivity index (χ1n) is 10.9. The largest absolute Gasteiger partial charge is 0.449 e. The number of piperazine rings is 1. The number of allylic oxidation sites excluding steroid dienone is 2. The maximum atomic E-state index is 13.8. The molecule has 11 heteroatoms. The third-order valence-corrected chi connectivity index (χ3v) is 6.90. The van der Waals surface area contributed by atoms with Crippen LogP contribution in [0.5, 0.6) is 0 Å². The Hall–Kier alpha value is -3.70. The van der Waals surface area contributed by atoms with Crippen molar-refractivity contribution < 1.29 is 28.7 Å². The van der Waals surface area contributed by atoms with E-state index in [1.54, 1.807) is 31.2 Å². The topological polar surface area (TPSA) is 162 Å². The van der Waals surface area contributed by atoms with E-state index in [-0.39, 0.29) is 53.0 Å². The maximum absolute atomic E-state index is 13.8. The number of nitrogens with two attached hydrogens (primary N) is 1. The molecule has 0 saturated carbocycles. The number of methoxy groups -OCH3 is 1. The molecule has 3 aliphatic heterocycles. The number of amides is 2. The first-order chi connectivity index (χ1) is 16.2. The minimum Gasteiger partial charge on any atom is -0.449 e. The highest BCUT2D eigenvalue weighted by Gasteiger charge is 2.72. The lowest BCUT2D eigenvalue weighted by molar-refractivity contribution is -0.137. The lowest BCUT2D eigenvalue weighted by atomic mass is 9.82. The number of hydrogen-bond donors (Lipinski definition) is 4. The molecule has 1 unspecified atom stereocenters. The Labute approximate surface area is 195 Å². The summed E-state index contributed by atoms with van der Waals surface area (Å²) in [5, 5.41) is 9.06. The summed E-state index contributed by atoms with van der Waals surface area (Å²) in [6, 6.07) is 6.79. The fraction of sp³-hybridized carbons (Fsp3) is 0.391. The van der Waals surface area contributed by atoms with E-state index in [1.165, 1.54) is 14.0 Å². The standard InChI is InChI=1S/C23H25N5O6/c1-10-17(26-13-6-4-12(5-7-13)25-11(2)29)20(31)16-14(9-34-22(24)32)23(33-3)21-15(27-21)8-28(23)18(16)19(10)30/h4-7,14-15,21,26-27H,8-9H2,1-3H3,(H2,24,32)(H,25,29)/t14-,15+,21+,23?/m0/s1. The number of anilines is 2. The van der Waals surface area contributed by atoms with Crippen LogP contribution < -0.4 is 21.7 Å². The van der Waals surface area contributed by atoms with Crippen molar-refractivity contribution in [3.63, 3.8) is 0 Å². The van der Waals surface area contributed by atoms with Gasteiger partial charge in [-0.05, 0) is 31.2 Å². The number of benzene rings is 1. The maximum Gasteiger partial charge on any atom is 0.404 e. The molecular formula is C23H25N5O6. The van der Waals surface area contributed by atoms with E-state index < -0.39 is 17.7 Å². The Balaban J connectivity index is 1.49. The summed E-state index contributed by atoms with van der Waals surface area (Å²) in [6.07, 6.45) is -0.968. The van der Waals surface area contributed by atoms with Gasteiger partial charge in [0.1, 0.15) is 6.61 Å². The van der Waals surface area contributed by atoms with Crippen LogP contribution in [-0.4, -0.2) is 66.5 Å². The van der Waals surface area contributed by atoms with Gasteiger partial charge in [-0.3, -0.25) is 14.4 Å². The van der Waals surface area contributed by atoms with Gasteiger partial charge in [0.25, 0.3) is 0 Å². The lowest BCUT2D eigenvalue weighted by Crippen LogP contribution is -2.55. The van der Waals surface area contributed by atoms with E-state index in [4.69, 9.17) is 15.2 Å². The number of hydrogen-bond acceptors (Lipinski definition) is 9. The molecule has 11 nitrogen and oxygen atoms in total. The fourth-order valence-corrected chi connectivity index (χ4v) is 5.43. The highest BCUT2D eigenvalue weighted by Crippen LogP contribution is 2.55. The molecule has 1 aliphatic carbocycles. The zero-order valence-electron chi connectivity index (χ0n) is 18.9. The molecule has 178 valence electrons. The Morgan fingerprint density at radius 1 is 1.21 bits per heavy atom. The van der Waals surface area contributed by atoms with E-state index in [0.29, 0.717) is 23.6 Å². The van der Waals surface area contributed by atoms with Crippen molar-refractivity contribution in [3.8, 4) is 0 Å². The fourth-order valence-electron chi connectivity index (χ4n) is 5.43. The van der Waals surface area contributed by atoms with Crippen molar-refractivity contribution in [2.75, 3.05) is 30.9 Å². The van der Waals surface area contributed by atoms with Gasteiger partial charge in [-0.2, -0.15) is 0 Å². The van der Waals surface area contributed by atoms with Crippen molar-refractivity contribution in [2.45, 2.75) is 31.7 Å². The number of nitrogens with one attached hydrogen (secondary N) is 3. The monoisotopic (exact) mass is 467 g/mol. The second kappa shape index (κ2) is 7.67. The number of ether oxygens (including phenoxy) is 2. The Morgan fingerprint density at radius 3 is 2.50 bits per heavy atom. The van der Waals surface area contributed by atoms with E-state index >= 15 is 0 Å². The average molecular weight is 467 g/mol. The van der Waals surface area contributed by atoms with Gasteiger partial charge in [0.05, 0.1) is 23.4 Å². The summed E-state index contributed by atoms with van der Waals surface area (Å²) < 4.78 is 11.1. The van der Waals surface area contributed by atoms with Crippen LogP contribution in [0.2, 0.25) is 0 Å². The number of primary amides is 1. The van der Waals surface area contributed by atoms with Gasteiger partial charge < -0.3 is 36.1 Å². The van der Waals surface area contributed by atoms with E-state index in [1.807, 2.05) is 4.90 Å². The Morgan fingerprint density at radius 2 is 1.88 bits per heavy atom. The zero-order chi connectivity index (χ0) is 24.4. The number of ketones is 2. The highest BCUT2D eigenvalue weighted by molar-refractivity contribution is 6.26. The highest BCUT2D eigenvalue weighted by atomic mass is 16.6. The van der Waals surface area contributed by atoms with Crippen LogP contribution in [0.3, 0.4) is 0 Å². The number of carbonyl (C=O) groups is 4. The molecule has 2 fully saturated rings. The SMILES string of the molecule is COC12[C@@H]3N[C@@H]3CN1C1=C(C(=O)C(Nc3ccc(NC(C)=O)cc3)=C(C)C1=O)[C@@H]2COC(N)=O. The van der Waals surface area contributed by atoms with Crippen molar-refractivity contribution >= 4 is 34.9 Å². The van der Waals surface area contributed by atoms with Crippen LogP contribution in [0, 0.1) is 5.92 Å². The molecule has 3 heterocycles. The van der Waals surface area contributed by atoms with Gasteiger partial charge in [0.15, 0.2) is 5.72 Å². The minimum atomic E-state index is -1.02. The predicted octanol–water partition coefficient (Wildman–Crippen LogP) is 0.461. The number of rotatable bonds is 6. The van der Waals surface area contributed by atoms with Gasteiger partial charge in [-0.15, -0.1) is 0 Å². The molecule has 4 aliphatic rings. The Bertz CT molecular complexity index is 1190. The van der Waals surface area contributed by atoms with Crippen molar-refractivity contribution in [3.05, 3.63) is 46.8 Å². The molecule has 34 heavy (non-hydrogen) atoms. The molecule has 0 radical (unpaired) electrons. The predicted molar refractivity (Wildman–Crippen MR) is 120 cm³/mol. The molecule has 4 atom stereocenters. The molecular weight excluding hydrogens is 442 g/mol.